The van der Waals surface area contributed by atoms with Gasteiger partial charge in [-0.15, -0.1) is 0 Å². The Bertz CT molecular complexity index is 412. The van der Waals surface area contributed by atoms with Gasteiger partial charge in [0.15, 0.2) is 0 Å². The molecule has 0 aliphatic carbocycles. The molecule has 2 unspecified atom stereocenters. The van der Waals surface area contributed by atoms with Crippen LogP contribution in [0.3, 0.4) is 0 Å². The molecule has 1 aromatic carbocycles. The Morgan fingerprint density at radius 1 is 1.10 bits per heavy atom. The van der Waals surface area contributed by atoms with Crippen molar-refractivity contribution in [1.29, 1.82) is 0 Å². The van der Waals surface area contributed by atoms with E-state index in [0.717, 1.165) is 6.54 Å². The van der Waals surface area contributed by atoms with Crippen LogP contribution >= 0.6 is 0 Å². The average molecular weight is 287 g/mol. The number of benzene rings is 1. The van der Waals surface area contributed by atoms with Crippen LogP contribution in [0, 0.1) is 0 Å². The molecule has 2 heterocycles. The fraction of sp³-hybridized carbons (Fsp3) is 0.667. The van der Waals surface area contributed by atoms with Crippen LogP contribution in [0.1, 0.15) is 37.3 Å². The largest absolute Gasteiger partial charge is 0.313 e. The third kappa shape index (κ3) is 4.06. The lowest BCUT2D eigenvalue weighted by molar-refractivity contribution is 0.0799. The summed E-state index contributed by atoms with van der Waals surface area (Å²) in [5.41, 5.74) is 1.47. The zero-order valence-corrected chi connectivity index (χ0v) is 13.3. The van der Waals surface area contributed by atoms with Crippen molar-refractivity contribution in [1.82, 2.24) is 15.1 Å². The van der Waals surface area contributed by atoms with Crippen LogP contribution in [0.25, 0.3) is 0 Å². The predicted octanol–water partition coefficient (Wildman–Crippen LogP) is 2.51. The van der Waals surface area contributed by atoms with E-state index in [0.29, 0.717) is 12.1 Å². The number of nitrogens with one attached hydrogen (secondary N) is 1. The molecule has 116 valence electrons. The SMILES string of the molecule is CN1CCN(CC2CCCCCN2)C(c2ccccc2)C1. The van der Waals surface area contributed by atoms with Gasteiger partial charge in [0.25, 0.3) is 0 Å². The van der Waals surface area contributed by atoms with E-state index < -0.39 is 0 Å². The number of rotatable bonds is 3. The fourth-order valence-corrected chi connectivity index (χ4v) is 3.71. The molecule has 1 aromatic rings. The summed E-state index contributed by atoms with van der Waals surface area (Å²) in [6.45, 7) is 5.93. The van der Waals surface area contributed by atoms with E-state index in [1.54, 1.807) is 0 Å². The van der Waals surface area contributed by atoms with Crippen LogP contribution < -0.4 is 5.32 Å². The third-order valence-electron chi connectivity index (χ3n) is 5.00. The summed E-state index contributed by atoms with van der Waals surface area (Å²) in [4.78, 5) is 5.17. The van der Waals surface area contributed by atoms with E-state index in [-0.39, 0.29) is 0 Å². The first-order valence-corrected chi connectivity index (χ1v) is 8.54. The van der Waals surface area contributed by atoms with Crippen LogP contribution in [-0.2, 0) is 0 Å². The molecule has 0 bridgehead atoms. The summed E-state index contributed by atoms with van der Waals surface area (Å²) < 4.78 is 0. The lowest BCUT2D eigenvalue weighted by Gasteiger charge is -2.42. The Morgan fingerprint density at radius 3 is 2.81 bits per heavy atom. The molecule has 2 aliphatic heterocycles. The maximum absolute atomic E-state index is 3.76. The van der Waals surface area contributed by atoms with Gasteiger partial charge in [0.05, 0.1) is 0 Å². The average Bonchev–Trinajstić information content (AvgIpc) is 2.79. The van der Waals surface area contributed by atoms with Crippen molar-refractivity contribution in [3.05, 3.63) is 35.9 Å². The molecule has 2 aliphatic rings. The van der Waals surface area contributed by atoms with Crippen LogP contribution in [0.2, 0.25) is 0 Å². The number of hydrogen-bond acceptors (Lipinski definition) is 3. The summed E-state index contributed by atoms with van der Waals surface area (Å²) in [6, 6.07) is 12.3. The van der Waals surface area contributed by atoms with Gasteiger partial charge in [0, 0.05) is 38.3 Å². The molecule has 3 heteroatoms. The molecular formula is C18H29N3. The van der Waals surface area contributed by atoms with Gasteiger partial charge in [-0.2, -0.15) is 0 Å². The second-order valence-electron chi connectivity index (χ2n) is 6.68. The van der Waals surface area contributed by atoms with Crippen LogP contribution in [0.15, 0.2) is 30.3 Å². The zero-order valence-electron chi connectivity index (χ0n) is 13.3. The van der Waals surface area contributed by atoms with E-state index in [2.05, 4.69) is 52.5 Å². The first-order chi connectivity index (χ1) is 10.3. The lowest BCUT2D eigenvalue weighted by atomic mass is 10.0. The highest BCUT2D eigenvalue weighted by Gasteiger charge is 2.28. The molecular weight excluding hydrogens is 258 g/mol. The highest BCUT2D eigenvalue weighted by atomic mass is 15.3. The molecule has 0 amide bonds. The molecule has 2 fully saturated rings. The first kappa shape index (κ1) is 15.0. The summed E-state index contributed by atoms with van der Waals surface area (Å²) in [5, 5.41) is 3.76. The summed E-state index contributed by atoms with van der Waals surface area (Å²) in [6.07, 6.45) is 5.48. The zero-order chi connectivity index (χ0) is 14.5. The standard InChI is InChI=1S/C18H29N3/c1-20-12-13-21(14-17-10-6-3-7-11-19-17)18(15-20)16-8-4-2-5-9-16/h2,4-5,8-9,17-19H,3,6-7,10-15H2,1H3. The quantitative estimate of drug-likeness (QED) is 0.921. The second-order valence-corrected chi connectivity index (χ2v) is 6.68. The van der Waals surface area contributed by atoms with Gasteiger partial charge in [-0.1, -0.05) is 43.2 Å². The van der Waals surface area contributed by atoms with Gasteiger partial charge < -0.3 is 10.2 Å². The number of nitrogens with zero attached hydrogens (tertiary/aromatic N) is 2. The van der Waals surface area contributed by atoms with Crippen LogP contribution in [-0.4, -0.2) is 55.6 Å². The highest BCUT2D eigenvalue weighted by molar-refractivity contribution is 5.20. The van der Waals surface area contributed by atoms with E-state index >= 15 is 0 Å². The molecule has 2 atom stereocenters. The topological polar surface area (TPSA) is 18.5 Å². The predicted molar refractivity (Wildman–Crippen MR) is 88.5 cm³/mol. The van der Waals surface area contributed by atoms with Crippen molar-refractivity contribution in [2.45, 2.75) is 37.8 Å². The Balaban J connectivity index is 1.68. The molecule has 3 nitrogen and oxygen atoms in total. The van der Waals surface area contributed by atoms with Crippen molar-refractivity contribution in [2.24, 2.45) is 0 Å². The van der Waals surface area contributed by atoms with Gasteiger partial charge in [0.2, 0.25) is 0 Å². The lowest BCUT2D eigenvalue weighted by Crippen LogP contribution is -2.51. The van der Waals surface area contributed by atoms with Gasteiger partial charge in [-0.3, -0.25) is 4.90 Å². The summed E-state index contributed by atoms with van der Waals surface area (Å²) >= 11 is 0. The fourth-order valence-electron chi connectivity index (χ4n) is 3.71. The number of piperazine rings is 1. The maximum Gasteiger partial charge on any atom is 0.0476 e. The summed E-state index contributed by atoms with van der Waals surface area (Å²) in [5.74, 6) is 0. The molecule has 0 aromatic heterocycles. The minimum atomic E-state index is 0.551. The van der Waals surface area contributed by atoms with Gasteiger partial charge in [-0.25, -0.2) is 0 Å². The first-order valence-electron chi connectivity index (χ1n) is 8.54. The van der Waals surface area contributed by atoms with Crippen molar-refractivity contribution < 1.29 is 0 Å². The molecule has 3 rings (SSSR count). The Hall–Kier alpha value is -0.900. The molecule has 0 saturated carbocycles. The van der Waals surface area contributed by atoms with E-state index in [1.165, 1.54) is 57.4 Å². The van der Waals surface area contributed by atoms with Crippen molar-refractivity contribution >= 4 is 0 Å². The minimum Gasteiger partial charge on any atom is -0.313 e. The van der Waals surface area contributed by atoms with E-state index in [9.17, 15) is 0 Å². The number of hydrogen-bond donors (Lipinski definition) is 1. The van der Waals surface area contributed by atoms with Crippen molar-refractivity contribution in [3.8, 4) is 0 Å². The second kappa shape index (κ2) is 7.39. The normalized spacial score (nSPS) is 29.2. The molecule has 21 heavy (non-hydrogen) atoms. The van der Waals surface area contributed by atoms with Crippen LogP contribution in [0.5, 0.6) is 0 Å². The minimum absolute atomic E-state index is 0.551. The molecule has 0 radical (unpaired) electrons. The van der Waals surface area contributed by atoms with Gasteiger partial charge >= 0.3 is 0 Å². The van der Waals surface area contributed by atoms with Crippen LogP contribution in [0.4, 0.5) is 0 Å². The Morgan fingerprint density at radius 2 is 1.95 bits per heavy atom. The molecule has 2 saturated heterocycles. The van der Waals surface area contributed by atoms with E-state index in [1.807, 2.05) is 0 Å². The molecule has 1 N–H and O–H groups in total. The van der Waals surface area contributed by atoms with E-state index in [4.69, 9.17) is 0 Å². The third-order valence-corrected chi connectivity index (χ3v) is 5.00. The van der Waals surface area contributed by atoms with Crippen molar-refractivity contribution in [2.75, 3.05) is 39.8 Å². The van der Waals surface area contributed by atoms with Gasteiger partial charge in [0.1, 0.15) is 0 Å². The number of likely N-dealkylation sites (N-methyl/N-ethyl adjacent to an activating group) is 1. The Labute approximate surface area is 129 Å². The van der Waals surface area contributed by atoms with Crippen molar-refractivity contribution in [3.63, 3.8) is 0 Å². The Kier molecular flexibility index (Phi) is 5.28. The molecule has 0 spiro atoms. The monoisotopic (exact) mass is 287 g/mol. The summed E-state index contributed by atoms with van der Waals surface area (Å²) in [7, 11) is 2.25. The maximum atomic E-state index is 3.76. The van der Waals surface area contributed by atoms with Gasteiger partial charge in [-0.05, 0) is 32.0 Å². The highest BCUT2D eigenvalue weighted by Crippen LogP contribution is 2.25. The smallest absolute Gasteiger partial charge is 0.0476 e.